The zero-order valence-electron chi connectivity index (χ0n) is 16.8. The molecule has 2 amide bonds. The van der Waals surface area contributed by atoms with Gasteiger partial charge in [0.05, 0.1) is 17.2 Å². The summed E-state index contributed by atoms with van der Waals surface area (Å²) in [5, 5.41) is 0. The average Bonchev–Trinajstić information content (AvgIpc) is 3.17. The third-order valence-electron chi connectivity index (χ3n) is 4.97. The molecule has 1 atom stereocenters. The number of benzene rings is 1. The maximum Gasteiger partial charge on any atom is 0.273 e. The summed E-state index contributed by atoms with van der Waals surface area (Å²) in [5.41, 5.74) is 8.88. The van der Waals surface area contributed by atoms with Crippen LogP contribution in [0.25, 0.3) is 0 Å². The van der Waals surface area contributed by atoms with E-state index >= 15 is 0 Å². The molecule has 0 saturated carbocycles. The van der Waals surface area contributed by atoms with Crippen molar-refractivity contribution in [1.82, 2.24) is 15.4 Å². The molecule has 0 radical (unpaired) electrons. The van der Waals surface area contributed by atoms with Crippen LogP contribution in [-0.2, 0) is 0 Å². The third-order valence-corrected chi connectivity index (χ3v) is 4.97. The maximum absolute atomic E-state index is 12.7. The molecule has 3 aromatic rings. The van der Waals surface area contributed by atoms with Crippen LogP contribution in [0, 0.1) is 27.7 Å². The second kappa shape index (κ2) is 7.76. The van der Waals surface area contributed by atoms with E-state index in [4.69, 9.17) is 4.42 Å². The molecule has 0 spiro atoms. The Hall–Kier alpha value is -3.28. The van der Waals surface area contributed by atoms with E-state index in [9.17, 15) is 9.59 Å². The molecule has 0 bridgehead atoms. The molecule has 0 saturated heterocycles. The Morgan fingerprint density at radius 1 is 0.929 bits per heavy atom. The average molecular weight is 379 g/mol. The van der Waals surface area contributed by atoms with Crippen molar-refractivity contribution >= 4 is 11.8 Å². The Morgan fingerprint density at radius 3 is 2.11 bits per heavy atom. The number of carbonyl (C=O) groups is 2. The van der Waals surface area contributed by atoms with Crippen LogP contribution < -0.4 is 10.9 Å². The quantitative estimate of drug-likeness (QED) is 0.673. The lowest BCUT2D eigenvalue weighted by Gasteiger charge is -2.19. The molecule has 2 N–H and O–H groups in total. The first-order valence-corrected chi connectivity index (χ1v) is 9.20. The minimum Gasteiger partial charge on any atom is -0.466 e. The van der Waals surface area contributed by atoms with Gasteiger partial charge in [-0.2, -0.15) is 0 Å². The highest BCUT2D eigenvalue weighted by molar-refractivity contribution is 6.00. The summed E-state index contributed by atoms with van der Waals surface area (Å²) < 4.78 is 7.48. The summed E-state index contributed by atoms with van der Waals surface area (Å²) in [6.45, 7) is 9.46. The molecule has 2 aromatic heterocycles. The second-order valence-corrected chi connectivity index (χ2v) is 6.98. The lowest BCUT2D eigenvalue weighted by atomic mass is 10.1. The van der Waals surface area contributed by atoms with Crippen molar-refractivity contribution in [2.24, 2.45) is 0 Å². The van der Waals surface area contributed by atoms with E-state index in [1.54, 1.807) is 19.9 Å². The van der Waals surface area contributed by atoms with Gasteiger partial charge in [0.15, 0.2) is 0 Å². The number of rotatable bonds is 4. The molecule has 0 unspecified atom stereocenters. The molecule has 146 valence electrons. The SMILES string of the molecule is Cc1cc(C(=O)NNC(=O)c2cc(C)n([C@@H](C)c3ccccc3)c2C)c(C)o1. The van der Waals surface area contributed by atoms with E-state index in [1.807, 2.05) is 38.1 Å². The van der Waals surface area contributed by atoms with Crippen molar-refractivity contribution in [3.63, 3.8) is 0 Å². The van der Waals surface area contributed by atoms with Crippen LogP contribution >= 0.6 is 0 Å². The highest BCUT2D eigenvalue weighted by Gasteiger charge is 2.21. The van der Waals surface area contributed by atoms with Gasteiger partial charge >= 0.3 is 0 Å². The summed E-state index contributed by atoms with van der Waals surface area (Å²) >= 11 is 0. The summed E-state index contributed by atoms with van der Waals surface area (Å²) in [6, 6.07) is 13.7. The zero-order chi connectivity index (χ0) is 20.4. The number of nitrogens with zero attached hydrogens (tertiary/aromatic N) is 1. The molecule has 6 nitrogen and oxygen atoms in total. The third kappa shape index (κ3) is 3.71. The molecule has 1 aromatic carbocycles. The van der Waals surface area contributed by atoms with Gasteiger partial charge in [0.25, 0.3) is 11.8 Å². The van der Waals surface area contributed by atoms with Gasteiger partial charge < -0.3 is 8.98 Å². The molecular weight excluding hydrogens is 354 g/mol. The van der Waals surface area contributed by atoms with Gasteiger partial charge in [0.1, 0.15) is 11.5 Å². The van der Waals surface area contributed by atoms with Gasteiger partial charge in [-0.15, -0.1) is 0 Å². The van der Waals surface area contributed by atoms with E-state index in [-0.39, 0.29) is 11.9 Å². The normalized spacial score (nSPS) is 11.9. The van der Waals surface area contributed by atoms with Gasteiger partial charge in [-0.25, -0.2) is 0 Å². The van der Waals surface area contributed by atoms with Gasteiger partial charge in [-0.3, -0.25) is 20.4 Å². The van der Waals surface area contributed by atoms with Gasteiger partial charge in [-0.05, 0) is 52.3 Å². The van der Waals surface area contributed by atoms with Crippen molar-refractivity contribution < 1.29 is 14.0 Å². The topological polar surface area (TPSA) is 76.3 Å². The number of hydrogen-bond acceptors (Lipinski definition) is 3. The standard InChI is InChI=1S/C22H25N3O3/c1-13-11-19(16(4)25(13)15(3)18-9-7-6-8-10-18)21(26)23-24-22(27)20-12-14(2)28-17(20)5/h6-12,15H,1-5H3,(H,23,26)(H,24,27)/t15-/m0/s1. The smallest absolute Gasteiger partial charge is 0.273 e. The fourth-order valence-electron chi connectivity index (χ4n) is 3.59. The van der Waals surface area contributed by atoms with E-state index in [0.29, 0.717) is 22.6 Å². The Balaban J connectivity index is 1.76. The zero-order valence-corrected chi connectivity index (χ0v) is 16.8. The molecule has 6 heteroatoms. The van der Waals surface area contributed by atoms with Crippen LogP contribution in [0.2, 0.25) is 0 Å². The first-order chi connectivity index (χ1) is 13.3. The van der Waals surface area contributed by atoms with Crippen molar-refractivity contribution in [3.8, 4) is 0 Å². The Morgan fingerprint density at radius 2 is 1.54 bits per heavy atom. The van der Waals surface area contributed by atoms with Crippen molar-refractivity contribution in [3.05, 3.63) is 82.1 Å². The van der Waals surface area contributed by atoms with Crippen LogP contribution in [0.1, 0.15) is 62.2 Å². The van der Waals surface area contributed by atoms with E-state index in [2.05, 4.69) is 34.5 Å². The number of aromatic nitrogens is 1. The number of nitrogens with one attached hydrogen (secondary N) is 2. The Labute approximate surface area is 164 Å². The Bertz CT molecular complexity index is 1020. The molecular formula is C22H25N3O3. The first kappa shape index (κ1) is 19.5. The molecule has 0 aliphatic heterocycles. The number of carbonyl (C=O) groups excluding carboxylic acids is 2. The highest BCUT2D eigenvalue weighted by Crippen LogP contribution is 2.25. The lowest BCUT2D eigenvalue weighted by molar-refractivity contribution is 0.0845. The lowest BCUT2D eigenvalue weighted by Crippen LogP contribution is -2.41. The van der Waals surface area contributed by atoms with Crippen LogP contribution in [0.15, 0.2) is 46.9 Å². The van der Waals surface area contributed by atoms with Gasteiger partial charge in [0, 0.05) is 11.4 Å². The summed E-state index contributed by atoms with van der Waals surface area (Å²) in [6.07, 6.45) is 0. The van der Waals surface area contributed by atoms with Crippen molar-refractivity contribution in [2.45, 2.75) is 40.7 Å². The fourth-order valence-corrected chi connectivity index (χ4v) is 3.59. The largest absolute Gasteiger partial charge is 0.466 e. The second-order valence-electron chi connectivity index (χ2n) is 6.98. The molecule has 3 rings (SSSR count). The van der Waals surface area contributed by atoms with Crippen molar-refractivity contribution in [1.29, 1.82) is 0 Å². The monoisotopic (exact) mass is 379 g/mol. The minimum absolute atomic E-state index is 0.0916. The van der Waals surface area contributed by atoms with E-state index in [1.165, 1.54) is 0 Å². The molecule has 0 fully saturated rings. The number of hydrogen-bond donors (Lipinski definition) is 2. The first-order valence-electron chi connectivity index (χ1n) is 9.20. The molecule has 2 heterocycles. The van der Waals surface area contributed by atoms with Crippen LogP contribution in [0.4, 0.5) is 0 Å². The predicted octanol–water partition coefficient (Wildman–Crippen LogP) is 4.00. The summed E-state index contributed by atoms with van der Waals surface area (Å²) in [5.74, 6) is 0.395. The number of aryl methyl sites for hydroxylation is 3. The van der Waals surface area contributed by atoms with E-state index < -0.39 is 5.91 Å². The minimum atomic E-state index is -0.408. The molecule has 0 aliphatic carbocycles. The summed E-state index contributed by atoms with van der Waals surface area (Å²) in [4.78, 5) is 24.9. The molecule has 0 aliphatic rings. The Kier molecular flexibility index (Phi) is 5.40. The van der Waals surface area contributed by atoms with Gasteiger partial charge in [-0.1, -0.05) is 30.3 Å². The fraction of sp³-hybridized carbons (Fsp3) is 0.273. The van der Waals surface area contributed by atoms with Crippen molar-refractivity contribution in [2.75, 3.05) is 0 Å². The van der Waals surface area contributed by atoms with Crippen LogP contribution in [-0.4, -0.2) is 16.4 Å². The predicted molar refractivity (Wildman–Crippen MR) is 107 cm³/mol. The van der Waals surface area contributed by atoms with Gasteiger partial charge in [0.2, 0.25) is 0 Å². The van der Waals surface area contributed by atoms with E-state index in [0.717, 1.165) is 17.0 Å². The summed E-state index contributed by atoms with van der Waals surface area (Å²) in [7, 11) is 0. The highest BCUT2D eigenvalue weighted by atomic mass is 16.3. The molecule has 28 heavy (non-hydrogen) atoms. The van der Waals surface area contributed by atoms with Crippen LogP contribution in [0.3, 0.4) is 0 Å². The number of furan rings is 1. The van der Waals surface area contributed by atoms with Crippen LogP contribution in [0.5, 0.6) is 0 Å². The number of amides is 2. The maximum atomic E-state index is 12.7. The number of hydrazine groups is 1.